The highest BCUT2D eigenvalue weighted by molar-refractivity contribution is 6.31. The van der Waals surface area contributed by atoms with E-state index in [-0.39, 0.29) is 0 Å². The first-order chi connectivity index (χ1) is 14.6. The van der Waals surface area contributed by atoms with Crippen LogP contribution in [0.25, 0.3) is 5.76 Å². The molecule has 2 aromatic rings. The average molecular weight is 439 g/mol. The Labute approximate surface area is 189 Å². The highest BCUT2D eigenvalue weighted by atomic mass is 35.5. The summed E-state index contributed by atoms with van der Waals surface area (Å²) in [6.07, 6.45) is 10.3. The normalized spacial score (nSPS) is 25.0. The Kier molecular flexibility index (Phi) is 5.69. The van der Waals surface area contributed by atoms with Gasteiger partial charge in [0.25, 0.3) is 0 Å². The van der Waals surface area contributed by atoms with E-state index < -0.39 is 0 Å². The number of hydrogen-bond donors (Lipinski definition) is 0. The van der Waals surface area contributed by atoms with Crippen molar-refractivity contribution in [1.29, 1.82) is 0 Å². The SMILES string of the molecule is Cc1cc(/C(Oc2ccc(Cl)cc2)=C2/C3CCCC2C2=C(CCCC2)C3)ccc1Cl. The van der Waals surface area contributed by atoms with E-state index in [1.54, 1.807) is 11.1 Å². The van der Waals surface area contributed by atoms with Gasteiger partial charge in [-0.05, 0) is 111 Å². The Bertz CT molecular complexity index is 1020. The van der Waals surface area contributed by atoms with Crippen LogP contribution >= 0.6 is 23.2 Å². The van der Waals surface area contributed by atoms with Crippen molar-refractivity contribution in [3.8, 4) is 5.75 Å². The van der Waals surface area contributed by atoms with E-state index in [4.69, 9.17) is 27.9 Å². The summed E-state index contributed by atoms with van der Waals surface area (Å²) in [4.78, 5) is 0. The van der Waals surface area contributed by atoms with Crippen LogP contribution in [0.4, 0.5) is 0 Å². The lowest BCUT2D eigenvalue weighted by atomic mass is 9.62. The minimum atomic E-state index is 0.547. The summed E-state index contributed by atoms with van der Waals surface area (Å²) in [6, 6.07) is 14.0. The fraction of sp³-hybridized carbons (Fsp3) is 0.407. The molecule has 3 aliphatic rings. The fourth-order valence-electron chi connectivity index (χ4n) is 5.71. The molecule has 2 unspecified atom stereocenters. The molecule has 0 aliphatic heterocycles. The maximum absolute atomic E-state index is 6.66. The maximum Gasteiger partial charge on any atom is 0.134 e. The van der Waals surface area contributed by atoms with Crippen LogP contribution in [0.5, 0.6) is 5.75 Å². The number of fused-ring (bicyclic) bond motifs is 3. The zero-order valence-corrected chi connectivity index (χ0v) is 19.0. The molecule has 3 aliphatic carbocycles. The summed E-state index contributed by atoms with van der Waals surface area (Å²) >= 11 is 12.5. The largest absolute Gasteiger partial charge is 0.457 e. The van der Waals surface area contributed by atoms with Crippen molar-refractivity contribution in [2.24, 2.45) is 11.8 Å². The number of aryl methyl sites for hydroxylation is 1. The van der Waals surface area contributed by atoms with Crippen molar-refractivity contribution in [2.45, 2.75) is 58.3 Å². The lowest BCUT2D eigenvalue weighted by molar-refractivity contribution is 0.335. The van der Waals surface area contributed by atoms with Gasteiger partial charge in [-0.25, -0.2) is 0 Å². The highest BCUT2D eigenvalue weighted by Gasteiger charge is 2.39. The topological polar surface area (TPSA) is 9.23 Å². The Morgan fingerprint density at radius 3 is 2.53 bits per heavy atom. The van der Waals surface area contributed by atoms with Gasteiger partial charge in [0.1, 0.15) is 11.5 Å². The second-order valence-electron chi connectivity index (χ2n) is 9.02. The lowest BCUT2D eigenvalue weighted by Gasteiger charge is -2.43. The van der Waals surface area contributed by atoms with E-state index in [0.717, 1.165) is 32.7 Å². The molecule has 3 heteroatoms. The van der Waals surface area contributed by atoms with Crippen molar-refractivity contribution in [2.75, 3.05) is 0 Å². The van der Waals surface area contributed by atoms with Crippen LogP contribution in [0.1, 0.15) is 62.5 Å². The smallest absolute Gasteiger partial charge is 0.134 e. The number of hydrogen-bond acceptors (Lipinski definition) is 1. The minimum Gasteiger partial charge on any atom is -0.457 e. The van der Waals surface area contributed by atoms with E-state index in [1.165, 1.54) is 56.9 Å². The van der Waals surface area contributed by atoms with Crippen molar-refractivity contribution in [1.82, 2.24) is 0 Å². The number of ether oxygens (including phenoxy) is 1. The third-order valence-corrected chi connectivity index (χ3v) is 7.79. The summed E-state index contributed by atoms with van der Waals surface area (Å²) in [5, 5.41) is 1.53. The first-order valence-corrected chi connectivity index (χ1v) is 12.0. The number of benzene rings is 2. The molecular formula is C27H28Cl2O. The van der Waals surface area contributed by atoms with Gasteiger partial charge in [0.05, 0.1) is 0 Å². The van der Waals surface area contributed by atoms with Gasteiger partial charge in [-0.2, -0.15) is 0 Å². The van der Waals surface area contributed by atoms with E-state index >= 15 is 0 Å². The second kappa shape index (κ2) is 8.44. The van der Waals surface area contributed by atoms with Crippen molar-refractivity contribution >= 4 is 29.0 Å². The monoisotopic (exact) mass is 438 g/mol. The molecule has 0 saturated heterocycles. The molecule has 0 aromatic heterocycles. The standard InChI is InChI=1S/C27H28Cl2O/c1-17-15-20(9-14-25(17)29)27(30-22-12-10-21(28)11-13-22)26-19-6-4-8-24(26)23-7-3-2-5-18(23)16-19/h9-15,19,24H,2-8,16H2,1H3/b27-26+. The van der Waals surface area contributed by atoms with Crippen LogP contribution in [-0.4, -0.2) is 0 Å². The van der Waals surface area contributed by atoms with Crippen LogP contribution in [0.2, 0.25) is 10.0 Å². The Morgan fingerprint density at radius 1 is 0.933 bits per heavy atom. The molecule has 0 radical (unpaired) electrons. The third-order valence-electron chi connectivity index (χ3n) is 7.12. The third kappa shape index (κ3) is 3.83. The van der Waals surface area contributed by atoms with Gasteiger partial charge in [-0.1, -0.05) is 40.8 Å². The molecule has 0 heterocycles. The van der Waals surface area contributed by atoms with Gasteiger partial charge in [-0.3, -0.25) is 0 Å². The molecule has 0 N–H and O–H groups in total. The van der Waals surface area contributed by atoms with Gasteiger partial charge >= 0.3 is 0 Å². The predicted molar refractivity (Wildman–Crippen MR) is 126 cm³/mol. The van der Waals surface area contributed by atoms with Gasteiger partial charge in [0.15, 0.2) is 0 Å². The summed E-state index contributed by atoms with van der Waals surface area (Å²) in [5.41, 5.74) is 7.25. The van der Waals surface area contributed by atoms with E-state index in [9.17, 15) is 0 Å². The molecule has 1 nitrogen and oxygen atoms in total. The number of rotatable bonds is 3. The quantitative estimate of drug-likeness (QED) is 0.343. The molecule has 0 amide bonds. The van der Waals surface area contributed by atoms with Gasteiger partial charge in [-0.15, -0.1) is 0 Å². The fourth-order valence-corrected chi connectivity index (χ4v) is 5.96. The number of halogens is 2. The first kappa shape index (κ1) is 20.2. The summed E-state index contributed by atoms with van der Waals surface area (Å²) < 4.78 is 6.66. The van der Waals surface area contributed by atoms with Crippen LogP contribution in [-0.2, 0) is 0 Å². The van der Waals surface area contributed by atoms with Crippen molar-refractivity contribution < 1.29 is 4.74 Å². The van der Waals surface area contributed by atoms with Crippen LogP contribution in [0.3, 0.4) is 0 Å². The number of allylic oxidation sites excluding steroid dienone is 3. The molecule has 156 valence electrons. The van der Waals surface area contributed by atoms with Crippen LogP contribution in [0.15, 0.2) is 59.2 Å². The second-order valence-corrected chi connectivity index (χ2v) is 9.87. The highest BCUT2D eigenvalue weighted by Crippen LogP contribution is 2.53. The Hall–Kier alpha value is -1.70. The van der Waals surface area contributed by atoms with Gasteiger partial charge in [0, 0.05) is 21.5 Å². The average Bonchev–Trinajstić information content (AvgIpc) is 2.75. The zero-order chi connectivity index (χ0) is 20.7. The van der Waals surface area contributed by atoms with Crippen molar-refractivity contribution in [3.63, 3.8) is 0 Å². The Balaban J connectivity index is 1.66. The lowest BCUT2D eigenvalue weighted by Crippen LogP contribution is -2.30. The Morgan fingerprint density at radius 2 is 1.73 bits per heavy atom. The first-order valence-electron chi connectivity index (χ1n) is 11.2. The maximum atomic E-state index is 6.66. The summed E-state index contributed by atoms with van der Waals surface area (Å²) in [5.74, 6) is 3.03. The predicted octanol–water partition coefficient (Wildman–Crippen LogP) is 8.78. The molecule has 0 spiro atoms. The van der Waals surface area contributed by atoms with E-state index in [0.29, 0.717) is 11.8 Å². The molecular weight excluding hydrogens is 411 g/mol. The molecule has 2 aromatic carbocycles. The minimum absolute atomic E-state index is 0.547. The molecule has 30 heavy (non-hydrogen) atoms. The van der Waals surface area contributed by atoms with Crippen LogP contribution in [0, 0.1) is 18.8 Å². The molecule has 1 saturated carbocycles. The van der Waals surface area contributed by atoms with Gasteiger partial charge < -0.3 is 4.74 Å². The zero-order valence-electron chi connectivity index (χ0n) is 17.5. The molecule has 2 bridgehead atoms. The molecule has 1 fully saturated rings. The summed E-state index contributed by atoms with van der Waals surface area (Å²) in [6.45, 7) is 2.07. The molecule has 5 rings (SSSR count). The van der Waals surface area contributed by atoms with Crippen LogP contribution < -0.4 is 4.74 Å². The van der Waals surface area contributed by atoms with Crippen molar-refractivity contribution in [3.05, 3.63) is 80.4 Å². The summed E-state index contributed by atoms with van der Waals surface area (Å²) in [7, 11) is 0. The van der Waals surface area contributed by atoms with E-state index in [2.05, 4.69) is 19.1 Å². The molecule has 2 atom stereocenters. The van der Waals surface area contributed by atoms with Gasteiger partial charge in [0.2, 0.25) is 0 Å². The van der Waals surface area contributed by atoms with E-state index in [1.807, 2.05) is 30.3 Å².